The molecule has 1 aromatic carbocycles. The van der Waals surface area contributed by atoms with Gasteiger partial charge in [-0.25, -0.2) is 0 Å². The van der Waals surface area contributed by atoms with Crippen LogP contribution in [-0.2, 0) is 0 Å². The molecule has 5 aliphatic rings. The minimum Gasteiger partial charge on any atom is -0.454 e. The highest BCUT2D eigenvalue weighted by Gasteiger charge is 2.62. The quantitative estimate of drug-likeness (QED) is 0.308. The molecule has 4 aliphatic carbocycles. The Hall–Kier alpha value is -2.82. The molecule has 1 unspecified atom stereocenters. The van der Waals surface area contributed by atoms with Crippen LogP contribution in [0.5, 0.6) is 11.5 Å². The van der Waals surface area contributed by atoms with Gasteiger partial charge < -0.3 is 20.3 Å². The van der Waals surface area contributed by atoms with Gasteiger partial charge in [-0.1, -0.05) is 24.5 Å². The molecule has 0 amide bonds. The normalized spacial score (nSPS) is 35.2. The lowest BCUT2D eigenvalue weighted by atomic mass is 9.51. The van der Waals surface area contributed by atoms with E-state index in [-0.39, 0.29) is 23.2 Å². The minimum atomic E-state index is -0.952. The Kier molecular flexibility index (Phi) is 5.66. The number of ether oxygens (including phenoxy) is 2. The number of thiocarbonyl (C=S) groups is 1. The van der Waals surface area contributed by atoms with E-state index in [1.54, 1.807) is 5.57 Å². The van der Waals surface area contributed by atoms with Crippen LogP contribution in [0.25, 0.3) is 0 Å². The molecule has 1 aliphatic heterocycles. The highest BCUT2D eigenvalue weighted by atomic mass is 32.1. The molecule has 0 aromatic heterocycles. The lowest BCUT2D eigenvalue weighted by Crippen LogP contribution is -2.51. The molecule has 1 aromatic rings. The first-order valence-corrected chi connectivity index (χ1v) is 13.4. The van der Waals surface area contributed by atoms with Gasteiger partial charge in [-0.3, -0.25) is 5.43 Å². The molecule has 0 radical (unpaired) electrons. The first-order chi connectivity index (χ1) is 17.3. The van der Waals surface area contributed by atoms with Crippen molar-refractivity contribution in [2.45, 2.75) is 70.3 Å². The van der Waals surface area contributed by atoms with E-state index < -0.39 is 5.60 Å². The molecule has 6 rings (SSSR count). The number of nitrogens with two attached hydrogens (primary N) is 1. The molecule has 4 N–H and O–H groups in total. The van der Waals surface area contributed by atoms with Gasteiger partial charge in [0.2, 0.25) is 6.79 Å². The van der Waals surface area contributed by atoms with E-state index in [2.05, 4.69) is 47.5 Å². The van der Waals surface area contributed by atoms with Gasteiger partial charge in [-0.2, -0.15) is 5.10 Å². The molecule has 1 heterocycles. The Morgan fingerprint density at radius 1 is 1.22 bits per heavy atom. The summed E-state index contributed by atoms with van der Waals surface area (Å²) in [6.45, 7) is 4.39. The summed E-state index contributed by atoms with van der Waals surface area (Å²) < 4.78 is 11.4. The summed E-state index contributed by atoms with van der Waals surface area (Å²) in [6.07, 6.45) is 8.77. The second-order valence-corrected chi connectivity index (χ2v) is 11.4. The van der Waals surface area contributed by atoms with Crippen LogP contribution in [0.1, 0.15) is 70.3 Å². The van der Waals surface area contributed by atoms with Crippen molar-refractivity contribution >= 4 is 23.0 Å². The maximum absolute atomic E-state index is 11.8. The Bertz CT molecular complexity index is 1290. The van der Waals surface area contributed by atoms with Gasteiger partial charge in [-0.15, -0.1) is 5.92 Å². The van der Waals surface area contributed by atoms with Crippen LogP contribution in [0.3, 0.4) is 0 Å². The van der Waals surface area contributed by atoms with Crippen LogP contribution in [0, 0.1) is 29.1 Å². The second kappa shape index (κ2) is 8.64. The number of hydrogen-bond acceptors (Lipinski definition) is 5. The molecule has 5 atom stereocenters. The highest BCUT2D eigenvalue weighted by Crippen LogP contribution is 2.66. The van der Waals surface area contributed by atoms with Crippen LogP contribution in [0.2, 0.25) is 0 Å². The van der Waals surface area contributed by atoms with E-state index in [1.165, 1.54) is 16.7 Å². The molecule has 2 saturated carbocycles. The number of nitrogens with one attached hydrogen (secondary N) is 1. The van der Waals surface area contributed by atoms with Gasteiger partial charge in [0, 0.05) is 11.3 Å². The third-order valence-electron chi connectivity index (χ3n) is 9.34. The average Bonchev–Trinajstić information content (AvgIpc) is 3.43. The fourth-order valence-corrected chi connectivity index (χ4v) is 7.78. The SMILES string of the molecule is CC#C[C@]1(O)CCC2[C@@H]3CCC4=C/C(=N/NC(N)=S)CCC4=C3[C@@H](c3ccc4c(c3)OCO4)C[C@@]21C. The lowest BCUT2D eigenvalue weighted by molar-refractivity contribution is -0.0513. The van der Waals surface area contributed by atoms with Gasteiger partial charge in [0.25, 0.3) is 0 Å². The zero-order chi connectivity index (χ0) is 25.1. The van der Waals surface area contributed by atoms with E-state index in [9.17, 15) is 5.11 Å². The first kappa shape index (κ1) is 23.6. The summed E-state index contributed by atoms with van der Waals surface area (Å²) in [5, 5.41) is 16.4. The van der Waals surface area contributed by atoms with Gasteiger partial charge in [-0.05, 0) is 111 Å². The van der Waals surface area contributed by atoms with Crippen LogP contribution in [0.4, 0.5) is 0 Å². The Balaban J connectivity index is 1.48. The van der Waals surface area contributed by atoms with Crippen LogP contribution in [-0.4, -0.2) is 28.3 Å². The molecular formula is C29H33N3O3S. The standard InChI is InChI=1S/C29H33N3O3S/c1-3-11-29(33)12-10-23-21-7-4-17-13-19(31-32-27(30)36)6-8-20(17)26(21)22(15-28(23,29)2)18-5-9-24-25(14-18)35-16-34-24/h5,9,13-14,21-23,33H,4,6-8,10,12,15-16H2,1-2H3,(H3,30,32,36)/b31-19+/t21-,22+,23?,28-,29-/m0/s1. The number of allylic oxidation sites excluding steroid dienone is 4. The molecule has 6 nitrogen and oxygen atoms in total. The maximum atomic E-state index is 11.8. The number of hydrazone groups is 1. The molecule has 2 fully saturated rings. The zero-order valence-electron chi connectivity index (χ0n) is 20.9. The van der Waals surface area contributed by atoms with Gasteiger partial charge in [0.05, 0.1) is 5.71 Å². The topological polar surface area (TPSA) is 89.1 Å². The molecule has 0 bridgehead atoms. The average molecular weight is 504 g/mol. The predicted molar refractivity (Wildman–Crippen MR) is 144 cm³/mol. The zero-order valence-corrected chi connectivity index (χ0v) is 21.7. The molecule has 36 heavy (non-hydrogen) atoms. The van der Waals surface area contributed by atoms with Crippen molar-refractivity contribution < 1.29 is 14.6 Å². The number of aliphatic hydroxyl groups is 1. The van der Waals surface area contributed by atoms with Crippen molar-refractivity contribution in [3.8, 4) is 23.3 Å². The summed E-state index contributed by atoms with van der Waals surface area (Å²) in [5.41, 5.74) is 13.8. The van der Waals surface area contributed by atoms with Gasteiger partial charge in [0.1, 0.15) is 5.60 Å². The monoisotopic (exact) mass is 503 g/mol. The van der Waals surface area contributed by atoms with Crippen molar-refractivity contribution in [1.82, 2.24) is 5.43 Å². The van der Waals surface area contributed by atoms with Crippen molar-refractivity contribution in [3.05, 3.63) is 46.6 Å². The third-order valence-corrected chi connectivity index (χ3v) is 9.43. The summed E-state index contributed by atoms with van der Waals surface area (Å²) in [6, 6.07) is 6.37. The van der Waals surface area contributed by atoms with Crippen molar-refractivity contribution in [2.24, 2.45) is 28.1 Å². The highest BCUT2D eigenvalue weighted by molar-refractivity contribution is 7.80. The Morgan fingerprint density at radius 3 is 2.86 bits per heavy atom. The van der Waals surface area contributed by atoms with E-state index in [0.717, 1.165) is 62.2 Å². The Morgan fingerprint density at radius 2 is 2.06 bits per heavy atom. The van der Waals surface area contributed by atoms with Crippen LogP contribution >= 0.6 is 12.2 Å². The van der Waals surface area contributed by atoms with Crippen LogP contribution in [0.15, 0.2) is 46.1 Å². The van der Waals surface area contributed by atoms with E-state index in [4.69, 9.17) is 27.4 Å². The number of rotatable bonds is 2. The summed E-state index contributed by atoms with van der Waals surface area (Å²) >= 11 is 4.93. The number of nitrogens with zero attached hydrogens (tertiary/aromatic N) is 1. The fourth-order valence-electron chi connectivity index (χ4n) is 7.73. The van der Waals surface area contributed by atoms with E-state index >= 15 is 0 Å². The minimum absolute atomic E-state index is 0.187. The molecule has 0 spiro atoms. The molecule has 0 saturated heterocycles. The summed E-state index contributed by atoms with van der Waals surface area (Å²) in [5.74, 6) is 8.95. The fraction of sp³-hybridized carbons (Fsp3) is 0.517. The number of hydrogen-bond donors (Lipinski definition) is 3. The second-order valence-electron chi connectivity index (χ2n) is 11.0. The maximum Gasteiger partial charge on any atom is 0.231 e. The smallest absolute Gasteiger partial charge is 0.231 e. The lowest BCUT2D eigenvalue weighted by Gasteiger charge is -2.53. The Labute approximate surface area is 218 Å². The molecule has 188 valence electrons. The molecular weight excluding hydrogens is 470 g/mol. The van der Waals surface area contributed by atoms with E-state index in [1.807, 2.05) is 13.0 Å². The third kappa shape index (κ3) is 3.57. The summed E-state index contributed by atoms with van der Waals surface area (Å²) in [4.78, 5) is 0. The van der Waals surface area contributed by atoms with Gasteiger partial charge in [0.15, 0.2) is 16.6 Å². The number of benzene rings is 1. The van der Waals surface area contributed by atoms with Gasteiger partial charge >= 0.3 is 0 Å². The van der Waals surface area contributed by atoms with E-state index in [0.29, 0.717) is 11.8 Å². The summed E-state index contributed by atoms with van der Waals surface area (Å²) in [7, 11) is 0. The predicted octanol–water partition coefficient (Wildman–Crippen LogP) is 4.69. The van der Waals surface area contributed by atoms with Crippen molar-refractivity contribution in [2.75, 3.05) is 6.79 Å². The number of fused-ring (bicyclic) bond motifs is 5. The van der Waals surface area contributed by atoms with Crippen molar-refractivity contribution in [3.63, 3.8) is 0 Å². The van der Waals surface area contributed by atoms with Crippen molar-refractivity contribution in [1.29, 1.82) is 0 Å². The van der Waals surface area contributed by atoms with Crippen LogP contribution < -0.4 is 20.6 Å². The largest absolute Gasteiger partial charge is 0.454 e. The first-order valence-electron chi connectivity index (χ1n) is 12.9. The molecule has 7 heteroatoms.